The van der Waals surface area contributed by atoms with E-state index >= 15 is 0 Å². The molecule has 0 aromatic heterocycles. The van der Waals surface area contributed by atoms with Gasteiger partial charge in [-0.25, -0.2) is 4.79 Å². The molecule has 0 bridgehead atoms. The molecule has 0 amide bonds. The minimum absolute atomic E-state index is 0.299. The Hall–Kier alpha value is -1.84. The molecule has 0 spiro atoms. The Labute approximate surface area is 99.9 Å². The summed E-state index contributed by atoms with van der Waals surface area (Å²) in [5.74, 6) is -0.985. The molecular weight excluding hydrogens is 218 g/mol. The van der Waals surface area contributed by atoms with Crippen LogP contribution in [0.1, 0.15) is 31.4 Å². The predicted molar refractivity (Wildman–Crippen MR) is 64.1 cm³/mol. The van der Waals surface area contributed by atoms with Crippen LogP contribution in [0.2, 0.25) is 0 Å². The van der Waals surface area contributed by atoms with Gasteiger partial charge in [0.05, 0.1) is 5.71 Å². The van der Waals surface area contributed by atoms with Gasteiger partial charge in [-0.2, -0.15) is 0 Å². The van der Waals surface area contributed by atoms with Gasteiger partial charge in [-0.1, -0.05) is 36.3 Å². The standard InChI is InChI=1S/C13H15NO3/c1-3-9-4-6-10(7-5-9)11-8-13(2,12(15)16)17-14-11/h4-7H,3,8H2,1-2H3,(H,15,16). The Bertz CT molecular complexity index is 464. The summed E-state index contributed by atoms with van der Waals surface area (Å²) in [6.45, 7) is 3.62. The molecule has 1 heterocycles. The summed E-state index contributed by atoms with van der Waals surface area (Å²) in [7, 11) is 0. The largest absolute Gasteiger partial charge is 0.478 e. The number of carboxylic acids is 1. The average molecular weight is 233 g/mol. The number of aryl methyl sites for hydroxylation is 1. The van der Waals surface area contributed by atoms with Crippen LogP contribution in [0.4, 0.5) is 0 Å². The molecule has 4 heteroatoms. The van der Waals surface area contributed by atoms with Gasteiger partial charge in [0, 0.05) is 6.42 Å². The van der Waals surface area contributed by atoms with E-state index in [9.17, 15) is 4.79 Å². The lowest BCUT2D eigenvalue weighted by atomic mass is 9.95. The van der Waals surface area contributed by atoms with E-state index in [-0.39, 0.29) is 0 Å². The highest BCUT2D eigenvalue weighted by atomic mass is 16.7. The highest BCUT2D eigenvalue weighted by Crippen LogP contribution is 2.26. The van der Waals surface area contributed by atoms with Gasteiger partial charge in [0.25, 0.3) is 0 Å². The summed E-state index contributed by atoms with van der Waals surface area (Å²) in [5.41, 5.74) is 1.64. The minimum atomic E-state index is -1.22. The monoisotopic (exact) mass is 233 g/mol. The van der Waals surface area contributed by atoms with Gasteiger partial charge in [-0.05, 0) is 24.5 Å². The normalized spacial score (nSPS) is 23.1. The Morgan fingerprint density at radius 3 is 2.59 bits per heavy atom. The van der Waals surface area contributed by atoms with Gasteiger partial charge in [0.1, 0.15) is 0 Å². The van der Waals surface area contributed by atoms with E-state index in [2.05, 4.69) is 12.1 Å². The first-order valence-electron chi connectivity index (χ1n) is 5.63. The third kappa shape index (κ3) is 2.16. The molecule has 0 aliphatic carbocycles. The maximum absolute atomic E-state index is 11.0. The summed E-state index contributed by atoms with van der Waals surface area (Å²) >= 11 is 0. The van der Waals surface area contributed by atoms with E-state index in [1.807, 2.05) is 24.3 Å². The van der Waals surface area contributed by atoms with E-state index in [1.165, 1.54) is 12.5 Å². The molecule has 0 radical (unpaired) electrons. The van der Waals surface area contributed by atoms with Crippen molar-refractivity contribution >= 4 is 11.7 Å². The van der Waals surface area contributed by atoms with Crippen LogP contribution in [0.25, 0.3) is 0 Å². The van der Waals surface area contributed by atoms with E-state index in [0.717, 1.165) is 12.0 Å². The summed E-state index contributed by atoms with van der Waals surface area (Å²) in [6.07, 6.45) is 1.28. The molecule has 1 aromatic carbocycles. The van der Waals surface area contributed by atoms with Crippen molar-refractivity contribution in [2.45, 2.75) is 32.3 Å². The second kappa shape index (κ2) is 4.20. The zero-order chi connectivity index (χ0) is 12.5. The van der Waals surface area contributed by atoms with Crippen molar-refractivity contribution in [2.24, 2.45) is 5.16 Å². The summed E-state index contributed by atoms with van der Waals surface area (Å²) < 4.78 is 0. The first kappa shape index (κ1) is 11.6. The number of rotatable bonds is 3. The van der Waals surface area contributed by atoms with E-state index in [1.54, 1.807) is 0 Å². The molecule has 1 atom stereocenters. The zero-order valence-electron chi connectivity index (χ0n) is 9.93. The third-order valence-electron chi connectivity index (χ3n) is 3.01. The molecule has 1 aromatic rings. The Morgan fingerprint density at radius 2 is 2.12 bits per heavy atom. The lowest BCUT2D eigenvalue weighted by Gasteiger charge is -2.14. The number of aliphatic carboxylic acids is 1. The minimum Gasteiger partial charge on any atom is -0.478 e. The lowest BCUT2D eigenvalue weighted by Crippen LogP contribution is -2.35. The van der Waals surface area contributed by atoms with Crippen LogP contribution in [0, 0.1) is 0 Å². The maximum Gasteiger partial charge on any atom is 0.351 e. The van der Waals surface area contributed by atoms with Gasteiger partial charge >= 0.3 is 5.97 Å². The fraction of sp³-hybridized carbons (Fsp3) is 0.385. The smallest absolute Gasteiger partial charge is 0.351 e. The van der Waals surface area contributed by atoms with Gasteiger partial charge in [0.2, 0.25) is 5.60 Å². The van der Waals surface area contributed by atoms with Crippen LogP contribution < -0.4 is 0 Å². The molecule has 1 aliphatic rings. The van der Waals surface area contributed by atoms with E-state index < -0.39 is 11.6 Å². The zero-order valence-corrected chi connectivity index (χ0v) is 9.93. The van der Waals surface area contributed by atoms with Crippen molar-refractivity contribution in [3.63, 3.8) is 0 Å². The predicted octanol–water partition coefficient (Wildman–Crippen LogP) is 2.22. The maximum atomic E-state index is 11.0. The highest BCUT2D eigenvalue weighted by molar-refractivity contribution is 6.04. The first-order chi connectivity index (χ1) is 8.05. The van der Waals surface area contributed by atoms with Gasteiger partial charge in [-0.15, -0.1) is 0 Å². The molecule has 1 N–H and O–H groups in total. The van der Waals surface area contributed by atoms with Crippen LogP contribution in [0.15, 0.2) is 29.4 Å². The summed E-state index contributed by atoms with van der Waals surface area (Å²) in [4.78, 5) is 16.0. The molecular formula is C13H15NO3. The second-order valence-electron chi connectivity index (χ2n) is 4.39. The van der Waals surface area contributed by atoms with Crippen molar-refractivity contribution in [1.29, 1.82) is 0 Å². The topological polar surface area (TPSA) is 58.9 Å². The SMILES string of the molecule is CCc1ccc(C2=NOC(C)(C(=O)O)C2)cc1. The van der Waals surface area contributed by atoms with Gasteiger partial charge in [0.15, 0.2) is 0 Å². The quantitative estimate of drug-likeness (QED) is 0.870. The molecule has 0 fully saturated rings. The van der Waals surface area contributed by atoms with Crippen molar-refractivity contribution in [2.75, 3.05) is 0 Å². The number of carboxylic acid groups (broad SMARTS) is 1. The molecule has 17 heavy (non-hydrogen) atoms. The van der Waals surface area contributed by atoms with Crippen molar-refractivity contribution in [1.82, 2.24) is 0 Å². The van der Waals surface area contributed by atoms with Crippen LogP contribution in [0.3, 0.4) is 0 Å². The van der Waals surface area contributed by atoms with Crippen molar-refractivity contribution in [3.8, 4) is 0 Å². The Kier molecular flexibility index (Phi) is 2.88. The molecule has 2 rings (SSSR count). The van der Waals surface area contributed by atoms with Crippen LogP contribution >= 0.6 is 0 Å². The number of oxime groups is 1. The lowest BCUT2D eigenvalue weighted by molar-refractivity contribution is -0.160. The van der Waals surface area contributed by atoms with E-state index in [4.69, 9.17) is 9.94 Å². The fourth-order valence-corrected chi connectivity index (χ4v) is 1.74. The van der Waals surface area contributed by atoms with Crippen LogP contribution in [-0.2, 0) is 16.1 Å². The molecule has 0 saturated heterocycles. The van der Waals surface area contributed by atoms with E-state index in [0.29, 0.717) is 12.1 Å². The Morgan fingerprint density at radius 1 is 1.47 bits per heavy atom. The third-order valence-corrected chi connectivity index (χ3v) is 3.01. The molecule has 1 unspecified atom stereocenters. The number of carbonyl (C=O) groups is 1. The average Bonchev–Trinajstić information content (AvgIpc) is 2.74. The number of hydrogen-bond acceptors (Lipinski definition) is 3. The van der Waals surface area contributed by atoms with Crippen molar-refractivity contribution < 1.29 is 14.7 Å². The number of benzene rings is 1. The highest BCUT2D eigenvalue weighted by Gasteiger charge is 2.42. The van der Waals surface area contributed by atoms with Crippen LogP contribution in [-0.4, -0.2) is 22.4 Å². The Balaban J connectivity index is 2.17. The van der Waals surface area contributed by atoms with Gasteiger partial charge in [-0.3, -0.25) is 0 Å². The second-order valence-corrected chi connectivity index (χ2v) is 4.39. The summed E-state index contributed by atoms with van der Waals surface area (Å²) in [6, 6.07) is 7.95. The van der Waals surface area contributed by atoms with Gasteiger partial charge < -0.3 is 9.94 Å². The van der Waals surface area contributed by atoms with Crippen LogP contribution in [0.5, 0.6) is 0 Å². The number of nitrogens with zero attached hydrogens (tertiary/aromatic N) is 1. The molecule has 1 aliphatic heterocycles. The molecule has 90 valence electrons. The van der Waals surface area contributed by atoms with Crippen molar-refractivity contribution in [3.05, 3.63) is 35.4 Å². The number of hydrogen-bond donors (Lipinski definition) is 1. The fourth-order valence-electron chi connectivity index (χ4n) is 1.74. The first-order valence-corrected chi connectivity index (χ1v) is 5.63. The molecule has 0 saturated carbocycles. The molecule has 4 nitrogen and oxygen atoms in total. The summed E-state index contributed by atoms with van der Waals surface area (Å²) in [5, 5.41) is 12.9.